The van der Waals surface area contributed by atoms with Crippen molar-refractivity contribution < 1.29 is 0 Å². The maximum Gasteiger partial charge on any atom is 0.132 e. The zero-order valence-electron chi connectivity index (χ0n) is 14.6. The van der Waals surface area contributed by atoms with Gasteiger partial charge in [0.15, 0.2) is 0 Å². The zero-order valence-corrected chi connectivity index (χ0v) is 16.2. The summed E-state index contributed by atoms with van der Waals surface area (Å²) >= 11 is 0. The summed E-state index contributed by atoms with van der Waals surface area (Å²) < 4.78 is 0. The normalized spacial score (nSPS) is 18.4. The molecule has 1 fully saturated rings. The molecule has 2 heterocycles. The van der Waals surface area contributed by atoms with Crippen LogP contribution in [0.25, 0.3) is 10.9 Å². The van der Waals surface area contributed by atoms with E-state index in [-0.39, 0.29) is 24.8 Å². The van der Waals surface area contributed by atoms with Crippen molar-refractivity contribution in [2.45, 2.75) is 31.3 Å². The van der Waals surface area contributed by atoms with Crippen molar-refractivity contribution in [2.24, 2.45) is 5.73 Å². The monoisotopic (exact) mass is 391 g/mol. The maximum absolute atomic E-state index is 5.90. The molecule has 7 heteroatoms. The molecule has 138 valence electrons. The van der Waals surface area contributed by atoms with Crippen LogP contribution in [0.15, 0.2) is 48.9 Å². The predicted octanol–water partition coefficient (Wildman–Crippen LogP) is 3.71. The van der Waals surface area contributed by atoms with Crippen LogP contribution >= 0.6 is 24.8 Å². The van der Waals surface area contributed by atoms with Crippen molar-refractivity contribution in [3.05, 3.63) is 60.2 Å². The quantitative estimate of drug-likeness (QED) is 0.733. The van der Waals surface area contributed by atoms with Gasteiger partial charge in [-0.15, -0.1) is 24.8 Å². The average Bonchev–Trinajstić information content (AvgIpc) is 2.59. The molecule has 26 heavy (non-hydrogen) atoms. The summed E-state index contributed by atoms with van der Waals surface area (Å²) in [5, 5.41) is 1.19. The van der Waals surface area contributed by atoms with E-state index < -0.39 is 0 Å². The van der Waals surface area contributed by atoms with Crippen LogP contribution in [0.2, 0.25) is 0 Å². The molecule has 2 aromatic heterocycles. The average molecular weight is 392 g/mol. The molecule has 0 amide bonds. The highest BCUT2D eigenvalue weighted by Gasteiger charge is 2.28. The highest BCUT2D eigenvalue weighted by atomic mass is 35.5. The Labute approximate surface area is 165 Å². The summed E-state index contributed by atoms with van der Waals surface area (Å²) in [6, 6.07) is 12.8. The highest BCUT2D eigenvalue weighted by Crippen LogP contribution is 2.35. The topological polar surface area (TPSA) is 67.9 Å². The van der Waals surface area contributed by atoms with Crippen molar-refractivity contribution >= 4 is 41.5 Å². The number of fused-ring (bicyclic) bond motifs is 1. The number of benzene rings is 1. The van der Waals surface area contributed by atoms with Gasteiger partial charge in [0.05, 0.1) is 5.52 Å². The number of hydrogen-bond donors (Lipinski definition) is 1. The maximum atomic E-state index is 5.90. The Hall–Kier alpha value is -1.95. The Kier molecular flexibility index (Phi) is 6.75. The van der Waals surface area contributed by atoms with Gasteiger partial charge in [0.25, 0.3) is 0 Å². The molecule has 2 N–H and O–H groups in total. The molecule has 3 aromatic rings. The van der Waals surface area contributed by atoms with E-state index in [0.29, 0.717) is 12.0 Å². The van der Waals surface area contributed by atoms with E-state index >= 15 is 0 Å². The fourth-order valence-electron chi connectivity index (χ4n) is 3.34. The van der Waals surface area contributed by atoms with Crippen molar-refractivity contribution in [1.29, 1.82) is 0 Å². The molecule has 0 atom stereocenters. The number of rotatable bonds is 4. The molecule has 0 unspecified atom stereocenters. The number of aromatic nitrogens is 3. The molecule has 0 radical (unpaired) electrons. The highest BCUT2D eigenvalue weighted by molar-refractivity contribution is 5.85. The molecule has 0 spiro atoms. The van der Waals surface area contributed by atoms with Crippen LogP contribution in [0.1, 0.15) is 30.0 Å². The summed E-state index contributed by atoms with van der Waals surface area (Å²) in [5.41, 5.74) is 9.27. The van der Waals surface area contributed by atoms with Crippen LogP contribution in [-0.2, 0) is 6.54 Å². The van der Waals surface area contributed by atoms with Gasteiger partial charge in [0, 0.05) is 48.9 Å². The molecule has 0 saturated heterocycles. The largest absolute Gasteiger partial charge is 0.355 e. The second kappa shape index (κ2) is 8.62. The first-order chi connectivity index (χ1) is 11.7. The minimum Gasteiger partial charge on any atom is -0.355 e. The molecule has 1 aliphatic rings. The number of nitrogens with zero attached hydrogens (tertiary/aromatic N) is 4. The van der Waals surface area contributed by atoms with E-state index in [2.05, 4.69) is 51.2 Å². The van der Waals surface area contributed by atoms with E-state index in [4.69, 9.17) is 5.73 Å². The Bertz CT molecular complexity index is 862. The van der Waals surface area contributed by atoms with Gasteiger partial charge < -0.3 is 10.6 Å². The Balaban J connectivity index is 0.00000121. The van der Waals surface area contributed by atoms with Crippen LogP contribution in [0.4, 0.5) is 5.82 Å². The van der Waals surface area contributed by atoms with Gasteiger partial charge in [0.2, 0.25) is 0 Å². The van der Waals surface area contributed by atoms with Crippen LogP contribution in [-0.4, -0.2) is 28.0 Å². The number of halogens is 2. The summed E-state index contributed by atoms with van der Waals surface area (Å²) in [5.74, 6) is 1.43. The van der Waals surface area contributed by atoms with Crippen molar-refractivity contribution in [2.75, 3.05) is 11.9 Å². The van der Waals surface area contributed by atoms with E-state index in [0.717, 1.165) is 36.4 Å². The molecular weight excluding hydrogens is 369 g/mol. The molecular formula is C19H23Cl2N5. The van der Waals surface area contributed by atoms with Crippen molar-refractivity contribution in [3.8, 4) is 0 Å². The minimum atomic E-state index is 0. The van der Waals surface area contributed by atoms with Gasteiger partial charge in [-0.05, 0) is 30.5 Å². The number of hydrogen-bond acceptors (Lipinski definition) is 5. The lowest BCUT2D eigenvalue weighted by atomic mass is 9.78. The number of nitrogens with two attached hydrogens (primary N) is 1. The lowest BCUT2D eigenvalue weighted by Gasteiger charge is -2.32. The second-order valence-electron chi connectivity index (χ2n) is 6.57. The molecule has 0 bridgehead atoms. The van der Waals surface area contributed by atoms with Gasteiger partial charge in [-0.3, -0.25) is 4.98 Å². The molecule has 1 aliphatic carbocycles. The van der Waals surface area contributed by atoms with Gasteiger partial charge in [-0.25, -0.2) is 9.97 Å². The van der Waals surface area contributed by atoms with Gasteiger partial charge >= 0.3 is 0 Å². The minimum absolute atomic E-state index is 0. The van der Waals surface area contributed by atoms with Crippen LogP contribution in [0.3, 0.4) is 0 Å². The lowest BCUT2D eigenvalue weighted by Crippen LogP contribution is -2.35. The van der Waals surface area contributed by atoms with E-state index in [1.54, 1.807) is 6.33 Å². The smallest absolute Gasteiger partial charge is 0.132 e. The number of anilines is 1. The van der Waals surface area contributed by atoms with Crippen LogP contribution in [0, 0.1) is 0 Å². The molecule has 4 rings (SSSR count). The third-order valence-corrected chi connectivity index (χ3v) is 4.80. The molecule has 1 saturated carbocycles. The van der Waals surface area contributed by atoms with Crippen LogP contribution < -0.4 is 10.6 Å². The van der Waals surface area contributed by atoms with Gasteiger partial charge in [0.1, 0.15) is 12.1 Å². The molecule has 0 aliphatic heterocycles. The summed E-state index contributed by atoms with van der Waals surface area (Å²) in [6.07, 6.45) is 5.54. The Morgan fingerprint density at radius 2 is 1.88 bits per heavy atom. The fraction of sp³-hybridized carbons (Fsp3) is 0.316. The van der Waals surface area contributed by atoms with Crippen molar-refractivity contribution in [3.63, 3.8) is 0 Å². The Morgan fingerprint density at radius 1 is 1.08 bits per heavy atom. The lowest BCUT2D eigenvalue weighted by molar-refractivity contribution is 0.345. The van der Waals surface area contributed by atoms with E-state index in [1.165, 1.54) is 10.9 Å². The summed E-state index contributed by atoms with van der Waals surface area (Å²) in [6.45, 7) is 0.781. The predicted molar refractivity (Wildman–Crippen MR) is 110 cm³/mol. The fourth-order valence-corrected chi connectivity index (χ4v) is 3.34. The van der Waals surface area contributed by atoms with E-state index in [1.807, 2.05) is 18.3 Å². The SMILES string of the molecule is CN(Cc1cccc2ncccc12)c1cc(C2CC(N)C2)ncn1.Cl.Cl. The third kappa shape index (κ3) is 4.06. The van der Waals surface area contributed by atoms with Gasteiger partial charge in [-0.1, -0.05) is 18.2 Å². The van der Waals surface area contributed by atoms with E-state index in [9.17, 15) is 0 Å². The van der Waals surface area contributed by atoms with Crippen LogP contribution in [0.5, 0.6) is 0 Å². The van der Waals surface area contributed by atoms with Gasteiger partial charge in [-0.2, -0.15) is 0 Å². The first-order valence-corrected chi connectivity index (χ1v) is 8.32. The summed E-state index contributed by atoms with van der Waals surface area (Å²) in [7, 11) is 2.06. The third-order valence-electron chi connectivity index (χ3n) is 4.80. The molecule has 5 nitrogen and oxygen atoms in total. The first kappa shape index (κ1) is 20.4. The number of pyridine rings is 1. The Morgan fingerprint density at radius 3 is 2.65 bits per heavy atom. The molecule has 1 aromatic carbocycles. The zero-order chi connectivity index (χ0) is 16.5. The van der Waals surface area contributed by atoms with Crippen molar-refractivity contribution in [1.82, 2.24) is 15.0 Å². The first-order valence-electron chi connectivity index (χ1n) is 8.32. The standard InChI is InChI=1S/C19H21N5.2ClH/c1-24(11-13-4-2-6-17-16(13)5-3-7-21-17)19-10-18(22-12-23-19)14-8-15(20)9-14;;/h2-7,10,12,14-15H,8-9,11,20H2,1H3;2*1H. The summed E-state index contributed by atoms with van der Waals surface area (Å²) in [4.78, 5) is 15.5. The second-order valence-corrected chi connectivity index (χ2v) is 6.57.